The predicted octanol–water partition coefficient (Wildman–Crippen LogP) is 1.67. The first kappa shape index (κ1) is 17.7. The molecule has 0 aliphatic heterocycles. The predicted molar refractivity (Wildman–Crippen MR) is 95.4 cm³/mol. The summed E-state index contributed by atoms with van der Waals surface area (Å²) in [7, 11) is 0. The third kappa shape index (κ3) is 3.33. The summed E-state index contributed by atoms with van der Waals surface area (Å²) in [5.74, 6) is -1.41. The van der Waals surface area contributed by atoms with Crippen LogP contribution in [0.25, 0.3) is 5.69 Å². The fourth-order valence-corrected chi connectivity index (χ4v) is 3.36. The Hall–Kier alpha value is -3.07. The van der Waals surface area contributed by atoms with Gasteiger partial charge >= 0.3 is 5.69 Å². The van der Waals surface area contributed by atoms with E-state index < -0.39 is 23.0 Å². The number of hydrogen-bond donors (Lipinski definition) is 2. The average Bonchev–Trinajstić information content (AvgIpc) is 2.92. The smallest absolute Gasteiger partial charge is 0.333 e. The van der Waals surface area contributed by atoms with Gasteiger partial charge in [-0.05, 0) is 26.0 Å². The van der Waals surface area contributed by atoms with Gasteiger partial charge in [0.2, 0.25) is 0 Å². The summed E-state index contributed by atoms with van der Waals surface area (Å²) in [4.78, 5) is 44.4. The lowest BCUT2D eigenvalue weighted by atomic mass is 10.2. The highest BCUT2D eigenvalue weighted by Crippen LogP contribution is 2.16. The van der Waals surface area contributed by atoms with Gasteiger partial charge in [-0.1, -0.05) is 12.1 Å². The zero-order chi connectivity index (χ0) is 18.8. The van der Waals surface area contributed by atoms with Crippen LogP contribution in [0.5, 0.6) is 0 Å². The number of carbonyl (C=O) groups excluding carboxylic acids is 1. The van der Waals surface area contributed by atoms with Crippen molar-refractivity contribution in [1.82, 2.24) is 19.9 Å². The van der Waals surface area contributed by atoms with Crippen molar-refractivity contribution in [2.75, 3.05) is 0 Å². The molecular weight excluding hydrogens is 359 g/mol. The molecule has 26 heavy (non-hydrogen) atoms. The Kier molecular flexibility index (Phi) is 4.81. The van der Waals surface area contributed by atoms with Gasteiger partial charge in [-0.2, -0.15) is 0 Å². The average molecular weight is 374 g/mol. The largest absolute Gasteiger partial charge is 0.347 e. The summed E-state index contributed by atoms with van der Waals surface area (Å²) >= 11 is 1.44. The van der Waals surface area contributed by atoms with E-state index in [-0.39, 0.29) is 17.8 Å². The zero-order valence-corrected chi connectivity index (χ0v) is 14.8. The molecule has 0 aliphatic rings. The molecule has 9 heteroatoms. The summed E-state index contributed by atoms with van der Waals surface area (Å²) in [6.45, 7) is 3.89. The fraction of sp³-hybridized carbons (Fsp3) is 0.176. The maximum absolute atomic E-state index is 14.0. The quantitative estimate of drug-likeness (QED) is 0.726. The Morgan fingerprint density at radius 1 is 1.31 bits per heavy atom. The SMILES string of the molecule is Cc1nc(C)c(CNC(=O)c2c[nH]c(=O)n(-c3ccccc3F)c2=O)s1. The maximum Gasteiger partial charge on any atom is 0.333 e. The van der Waals surface area contributed by atoms with E-state index in [1.807, 2.05) is 13.8 Å². The van der Waals surface area contributed by atoms with Crippen LogP contribution in [-0.2, 0) is 6.54 Å². The minimum atomic E-state index is -0.895. The molecule has 1 amide bonds. The lowest BCUT2D eigenvalue weighted by molar-refractivity contribution is 0.0949. The van der Waals surface area contributed by atoms with E-state index >= 15 is 0 Å². The van der Waals surface area contributed by atoms with E-state index in [9.17, 15) is 18.8 Å². The minimum Gasteiger partial charge on any atom is -0.347 e. The maximum atomic E-state index is 14.0. The minimum absolute atomic E-state index is 0.203. The Morgan fingerprint density at radius 2 is 2.04 bits per heavy atom. The first-order chi connectivity index (χ1) is 12.4. The molecule has 3 aromatic rings. The van der Waals surface area contributed by atoms with E-state index in [0.717, 1.165) is 27.8 Å². The molecule has 134 valence electrons. The molecule has 1 aromatic carbocycles. The number of hydrogen-bond acceptors (Lipinski definition) is 5. The van der Waals surface area contributed by atoms with Crippen molar-refractivity contribution >= 4 is 17.2 Å². The van der Waals surface area contributed by atoms with Crippen LogP contribution in [0.3, 0.4) is 0 Å². The molecule has 7 nitrogen and oxygen atoms in total. The number of rotatable bonds is 4. The van der Waals surface area contributed by atoms with Crippen LogP contribution in [-0.4, -0.2) is 20.4 Å². The van der Waals surface area contributed by atoms with Gasteiger partial charge in [0.1, 0.15) is 11.4 Å². The first-order valence-corrected chi connectivity index (χ1v) is 8.51. The van der Waals surface area contributed by atoms with Crippen molar-refractivity contribution < 1.29 is 9.18 Å². The summed E-state index contributed by atoms with van der Waals surface area (Å²) < 4.78 is 14.6. The number of para-hydroxylation sites is 1. The second kappa shape index (κ2) is 7.04. The van der Waals surface area contributed by atoms with Crippen LogP contribution in [0.15, 0.2) is 40.1 Å². The lowest BCUT2D eigenvalue weighted by Gasteiger charge is -2.08. The van der Waals surface area contributed by atoms with Crippen molar-refractivity contribution in [1.29, 1.82) is 0 Å². The topological polar surface area (TPSA) is 96.8 Å². The molecule has 0 fully saturated rings. The van der Waals surface area contributed by atoms with E-state index in [1.165, 1.54) is 29.5 Å². The second-order valence-corrected chi connectivity index (χ2v) is 6.81. The highest BCUT2D eigenvalue weighted by Gasteiger charge is 2.18. The molecule has 0 radical (unpaired) electrons. The monoisotopic (exact) mass is 374 g/mol. The van der Waals surface area contributed by atoms with Crippen LogP contribution >= 0.6 is 11.3 Å². The molecule has 2 aromatic heterocycles. The Labute approximate surface area is 151 Å². The van der Waals surface area contributed by atoms with Crippen molar-refractivity contribution in [2.45, 2.75) is 20.4 Å². The third-order valence-corrected chi connectivity index (χ3v) is 4.80. The lowest BCUT2D eigenvalue weighted by Crippen LogP contribution is -2.39. The molecule has 0 bridgehead atoms. The van der Waals surface area contributed by atoms with E-state index in [1.54, 1.807) is 0 Å². The van der Waals surface area contributed by atoms with Gasteiger partial charge < -0.3 is 10.3 Å². The molecule has 0 unspecified atom stereocenters. The van der Waals surface area contributed by atoms with Crippen LogP contribution in [0.2, 0.25) is 0 Å². The van der Waals surface area contributed by atoms with Crippen LogP contribution in [0.4, 0.5) is 4.39 Å². The summed E-state index contributed by atoms with van der Waals surface area (Å²) in [5.41, 5.74) is -1.42. The van der Waals surface area contributed by atoms with E-state index in [2.05, 4.69) is 15.3 Å². The standard InChI is InChI=1S/C17H15FN4O3S/c1-9-14(26-10(2)21-9)8-19-15(23)11-7-20-17(25)22(16(11)24)13-6-4-3-5-12(13)18/h3-7H,8H2,1-2H3,(H,19,23)(H,20,25). The van der Waals surface area contributed by atoms with Gasteiger partial charge in [-0.3, -0.25) is 9.59 Å². The second-order valence-electron chi connectivity index (χ2n) is 5.52. The number of aryl methyl sites for hydroxylation is 2. The molecule has 2 heterocycles. The molecule has 0 aliphatic carbocycles. The van der Waals surface area contributed by atoms with Gasteiger partial charge in [0.05, 0.1) is 22.9 Å². The Morgan fingerprint density at radius 3 is 2.69 bits per heavy atom. The number of halogens is 1. The van der Waals surface area contributed by atoms with Gasteiger partial charge in [0, 0.05) is 11.1 Å². The number of aromatic nitrogens is 3. The van der Waals surface area contributed by atoms with E-state index in [4.69, 9.17) is 0 Å². The van der Waals surface area contributed by atoms with Crippen molar-refractivity contribution in [3.8, 4) is 5.69 Å². The Balaban J connectivity index is 1.94. The van der Waals surface area contributed by atoms with Crippen molar-refractivity contribution in [3.63, 3.8) is 0 Å². The zero-order valence-electron chi connectivity index (χ0n) is 14.0. The first-order valence-electron chi connectivity index (χ1n) is 7.69. The molecule has 0 spiro atoms. The molecule has 3 rings (SSSR count). The van der Waals surface area contributed by atoms with Crippen molar-refractivity contribution in [3.05, 3.63) is 78.3 Å². The number of thiazole rings is 1. The van der Waals surface area contributed by atoms with Gasteiger partial charge in [0.25, 0.3) is 11.5 Å². The summed E-state index contributed by atoms with van der Waals surface area (Å²) in [5, 5.41) is 3.50. The number of benzene rings is 1. The number of nitrogens with one attached hydrogen (secondary N) is 2. The van der Waals surface area contributed by atoms with Gasteiger partial charge in [-0.15, -0.1) is 11.3 Å². The van der Waals surface area contributed by atoms with E-state index in [0.29, 0.717) is 4.57 Å². The fourth-order valence-electron chi connectivity index (χ4n) is 2.48. The molecule has 0 atom stereocenters. The number of aromatic amines is 1. The van der Waals surface area contributed by atoms with Gasteiger partial charge in [-0.25, -0.2) is 18.7 Å². The highest BCUT2D eigenvalue weighted by molar-refractivity contribution is 7.11. The third-order valence-electron chi connectivity index (χ3n) is 3.72. The normalized spacial score (nSPS) is 10.7. The molecule has 2 N–H and O–H groups in total. The van der Waals surface area contributed by atoms with Crippen LogP contribution in [0.1, 0.15) is 25.9 Å². The summed E-state index contributed by atoms with van der Waals surface area (Å²) in [6.07, 6.45) is 1.03. The van der Waals surface area contributed by atoms with Crippen molar-refractivity contribution in [2.24, 2.45) is 0 Å². The number of nitrogens with zero attached hydrogens (tertiary/aromatic N) is 2. The molecule has 0 saturated heterocycles. The molecular formula is C17H15FN4O3S. The number of H-pyrrole nitrogens is 1. The van der Waals surface area contributed by atoms with Gasteiger partial charge in [0.15, 0.2) is 0 Å². The highest BCUT2D eigenvalue weighted by atomic mass is 32.1. The summed E-state index contributed by atoms with van der Waals surface area (Å²) in [6, 6.07) is 5.35. The number of carbonyl (C=O) groups is 1. The Bertz CT molecular complexity index is 1100. The molecule has 0 saturated carbocycles. The van der Waals surface area contributed by atoms with Crippen LogP contribution in [0, 0.1) is 19.7 Å². The van der Waals surface area contributed by atoms with Crippen LogP contribution < -0.4 is 16.6 Å². The number of amides is 1.